The Bertz CT molecular complexity index is 677. The maximum absolute atomic E-state index is 12.5. The van der Waals surface area contributed by atoms with E-state index in [1.807, 2.05) is 36.4 Å². The average Bonchev–Trinajstić information content (AvgIpc) is 2.37. The Morgan fingerprint density at radius 1 is 1.14 bits per heavy atom. The Hall–Kier alpha value is -1.26. The van der Waals surface area contributed by atoms with Crippen molar-refractivity contribution >= 4 is 40.2 Å². The van der Waals surface area contributed by atoms with Gasteiger partial charge in [0.05, 0.1) is 5.56 Å². The van der Waals surface area contributed by atoms with E-state index in [9.17, 15) is 4.79 Å². The molecule has 0 bridgehead atoms. The summed E-state index contributed by atoms with van der Waals surface area (Å²) < 4.78 is 0.902. The van der Waals surface area contributed by atoms with Crippen molar-refractivity contribution in [3.05, 3.63) is 58.1 Å². The smallest absolute Gasteiger partial charge is 0.256 e. The summed E-state index contributed by atoms with van der Waals surface area (Å²) in [6.07, 6.45) is 0. The fourth-order valence-electron chi connectivity index (χ4n) is 2.13. The molecule has 21 heavy (non-hydrogen) atoms. The lowest BCUT2D eigenvalue weighted by Gasteiger charge is -2.23. The van der Waals surface area contributed by atoms with E-state index < -0.39 is 0 Å². The van der Waals surface area contributed by atoms with Gasteiger partial charge >= 0.3 is 0 Å². The van der Waals surface area contributed by atoms with Crippen LogP contribution in [-0.4, -0.2) is 5.91 Å². The highest BCUT2D eigenvalue weighted by atomic mass is 79.9. The first-order valence-electron chi connectivity index (χ1n) is 6.68. The second-order valence-electron chi connectivity index (χ2n) is 5.91. The third-order valence-electron chi connectivity index (χ3n) is 3.19. The molecule has 110 valence electrons. The molecule has 0 atom stereocenters. The number of halogens is 1. The van der Waals surface area contributed by atoms with Crippen LogP contribution in [0.1, 0.15) is 36.7 Å². The molecule has 0 aromatic heterocycles. The second kappa shape index (κ2) is 6.24. The van der Waals surface area contributed by atoms with Gasteiger partial charge in [0, 0.05) is 15.1 Å². The molecule has 1 amide bonds. The van der Waals surface area contributed by atoms with Crippen LogP contribution in [0.5, 0.6) is 0 Å². The van der Waals surface area contributed by atoms with Gasteiger partial charge in [0.2, 0.25) is 0 Å². The van der Waals surface area contributed by atoms with Crippen LogP contribution < -0.4 is 5.32 Å². The summed E-state index contributed by atoms with van der Waals surface area (Å²) in [7, 11) is 0. The maximum Gasteiger partial charge on any atom is 0.256 e. The molecule has 2 nitrogen and oxygen atoms in total. The Labute approximate surface area is 139 Å². The number of carbonyl (C=O) groups excluding carboxylic acids is 1. The topological polar surface area (TPSA) is 29.1 Å². The lowest BCUT2D eigenvalue weighted by atomic mass is 9.86. The fraction of sp³-hybridized carbons (Fsp3) is 0.235. The monoisotopic (exact) mass is 363 g/mol. The molecular formula is C17H18BrNOS. The molecule has 2 rings (SSSR count). The molecule has 0 unspecified atom stereocenters. The van der Waals surface area contributed by atoms with Gasteiger partial charge in [-0.1, -0.05) is 54.9 Å². The molecule has 0 aliphatic carbocycles. The average molecular weight is 364 g/mol. The summed E-state index contributed by atoms with van der Waals surface area (Å²) in [6.45, 7) is 6.38. The number of carbonyl (C=O) groups is 1. The fourth-order valence-corrected chi connectivity index (χ4v) is 2.99. The molecule has 1 N–H and O–H groups in total. The SMILES string of the molecule is CC(C)(C)c1ccccc1NC(=O)c1ccc(Br)cc1S. The van der Waals surface area contributed by atoms with E-state index in [4.69, 9.17) is 0 Å². The van der Waals surface area contributed by atoms with Crippen LogP contribution >= 0.6 is 28.6 Å². The van der Waals surface area contributed by atoms with Crippen molar-refractivity contribution in [3.63, 3.8) is 0 Å². The van der Waals surface area contributed by atoms with Crippen LogP contribution in [0, 0.1) is 0 Å². The van der Waals surface area contributed by atoms with Gasteiger partial charge in [0.25, 0.3) is 5.91 Å². The van der Waals surface area contributed by atoms with Gasteiger partial charge in [0.1, 0.15) is 0 Å². The van der Waals surface area contributed by atoms with Crippen molar-refractivity contribution < 1.29 is 4.79 Å². The molecule has 4 heteroatoms. The highest BCUT2D eigenvalue weighted by Crippen LogP contribution is 2.30. The van der Waals surface area contributed by atoms with Crippen LogP contribution in [0.3, 0.4) is 0 Å². The summed E-state index contributed by atoms with van der Waals surface area (Å²) in [4.78, 5) is 13.1. The van der Waals surface area contributed by atoms with E-state index in [0.717, 1.165) is 15.7 Å². The summed E-state index contributed by atoms with van der Waals surface area (Å²) in [5, 5.41) is 2.99. The molecule has 2 aromatic rings. The molecule has 0 saturated heterocycles. The lowest BCUT2D eigenvalue weighted by molar-refractivity contribution is 0.102. The van der Waals surface area contributed by atoms with Crippen LogP contribution in [0.2, 0.25) is 0 Å². The highest BCUT2D eigenvalue weighted by molar-refractivity contribution is 9.10. The first kappa shape index (κ1) is 16.1. The summed E-state index contributed by atoms with van der Waals surface area (Å²) >= 11 is 7.73. The van der Waals surface area contributed by atoms with E-state index in [0.29, 0.717) is 10.5 Å². The van der Waals surface area contributed by atoms with Gasteiger partial charge < -0.3 is 5.32 Å². The van der Waals surface area contributed by atoms with Crippen LogP contribution in [0.25, 0.3) is 0 Å². The van der Waals surface area contributed by atoms with E-state index in [1.54, 1.807) is 6.07 Å². The highest BCUT2D eigenvalue weighted by Gasteiger charge is 2.19. The first-order chi connectivity index (χ1) is 9.79. The third-order valence-corrected chi connectivity index (χ3v) is 4.05. The first-order valence-corrected chi connectivity index (χ1v) is 7.92. The molecule has 0 radical (unpaired) electrons. The van der Waals surface area contributed by atoms with Gasteiger partial charge in [-0.3, -0.25) is 4.79 Å². The van der Waals surface area contributed by atoms with Crippen molar-refractivity contribution in [2.45, 2.75) is 31.1 Å². The van der Waals surface area contributed by atoms with Gasteiger partial charge in [-0.15, -0.1) is 12.6 Å². The molecular weight excluding hydrogens is 346 g/mol. The van der Waals surface area contributed by atoms with Crippen molar-refractivity contribution in [1.29, 1.82) is 0 Å². The molecule has 0 heterocycles. The summed E-state index contributed by atoms with van der Waals surface area (Å²) in [5.74, 6) is -0.149. The normalized spacial score (nSPS) is 11.3. The molecule has 0 aliphatic rings. The van der Waals surface area contributed by atoms with Gasteiger partial charge in [-0.2, -0.15) is 0 Å². The number of amides is 1. The Balaban J connectivity index is 2.32. The zero-order chi connectivity index (χ0) is 15.6. The summed E-state index contributed by atoms with van der Waals surface area (Å²) in [6, 6.07) is 13.3. The molecule has 0 saturated carbocycles. The number of hydrogen-bond acceptors (Lipinski definition) is 2. The number of nitrogens with one attached hydrogen (secondary N) is 1. The van der Waals surface area contributed by atoms with E-state index >= 15 is 0 Å². The van der Waals surface area contributed by atoms with Crippen molar-refractivity contribution in [2.75, 3.05) is 5.32 Å². The molecule has 0 fully saturated rings. The molecule has 0 aliphatic heterocycles. The van der Waals surface area contributed by atoms with E-state index in [-0.39, 0.29) is 11.3 Å². The Kier molecular flexibility index (Phi) is 4.79. The minimum Gasteiger partial charge on any atom is -0.322 e. The standard InChI is InChI=1S/C17H18BrNOS/c1-17(2,3)13-6-4-5-7-14(13)19-16(20)12-9-8-11(18)10-15(12)21/h4-10,21H,1-3H3,(H,19,20). The Morgan fingerprint density at radius 2 is 1.81 bits per heavy atom. The summed E-state index contributed by atoms with van der Waals surface area (Å²) in [5.41, 5.74) is 2.47. The Morgan fingerprint density at radius 3 is 2.43 bits per heavy atom. The van der Waals surface area contributed by atoms with Gasteiger partial charge in [-0.05, 0) is 35.2 Å². The number of thiol groups is 1. The van der Waals surface area contributed by atoms with Gasteiger partial charge in [-0.25, -0.2) is 0 Å². The van der Waals surface area contributed by atoms with Crippen molar-refractivity contribution in [1.82, 2.24) is 0 Å². The van der Waals surface area contributed by atoms with Crippen molar-refractivity contribution in [3.8, 4) is 0 Å². The second-order valence-corrected chi connectivity index (χ2v) is 7.31. The zero-order valence-corrected chi connectivity index (χ0v) is 14.8. The molecule has 2 aromatic carbocycles. The predicted molar refractivity (Wildman–Crippen MR) is 94.5 cm³/mol. The lowest BCUT2D eigenvalue weighted by Crippen LogP contribution is -2.19. The number of benzene rings is 2. The number of para-hydroxylation sites is 1. The number of hydrogen-bond donors (Lipinski definition) is 2. The molecule has 0 spiro atoms. The van der Waals surface area contributed by atoms with E-state index in [2.05, 4.69) is 54.6 Å². The third kappa shape index (κ3) is 3.89. The van der Waals surface area contributed by atoms with Gasteiger partial charge in [0.15, 0.2) is 0 Å². The predicted octanol–water partition coefficient (Wildman–Crippen LogP) is 5.29. The largest absolute Gasteiger partial charge is 0.322 e. The minimum atomic E-state index is -0.149. The quantitative estimate of drug-likeness (QED) is 0.697. The van der Waals surface area contributed by atoms with Crippen LogP contribution in [-0.2, 0) is 5.41 Å². The van der Waals surface area contributed by atoms with E-state index in [1.165, 1.54) is 0 Å². The van der Waals surface area contributed by atoms with Crippen LogP contribution in [0.4, 0.5) is 5.69 Å². The van der Waals surface area contributed by atoms with Crippen molar-refractivity contribution in [2.24, 2.45) is 0 Å². The zero-order valence-electron chi connectivity index (χ0n) is 12.3. The van der Waals surface area contributed by atoms with Crippen LogP contribution in [0.15, 0.2) is 51.8 Å². The maximum atomic E-state index is 12.5. The minimum absolute atomic E-state index is 0.0343. The number of anilines is 1. The number of rotatable bonds is 2.